The summed E-state index contributed by atoms with van der Waals surface area (Å²) in [6, 6.07) is 4.87. The Balaban J connectivity index is 1.82. The molecular weight excluding hydrogens is 334 g/mol. The molecule has 21 heavy (non-hydrogen) atoms. The van der Waals surface area contributed by atoms with Crippen molar-refractivity contribution in [2.45, 2.75) is 25.3 Å². The second-order valence-electron chi connectivity index (χ2n) is 5.52. The molecule has 0 spiro atoms. The van der Waals surface area contributed by atoms with Crippen LogP contribution in [0.25, 0.3) is 0 Å². The van der Waals surface area contributed by atoms with Crippen LogP contribution in [0.1, 0.15) is 30.9 Å². The molecule has 1 fully saturated rings. The van der Waals surface area contributed by atoms with Gasteiger partial charge in [-0.05, 0) is 31.4 Å². The van der Waals surface area contributed by atoms with Crippen LogP contribution in [0.4, 0.5) is 5.69 Å². The molecule has 0 aromatic heterocycles. The number of carbonyl (C=O) groups excluding carboxylic acids is 2. The van der Waals surface area contributed by atoms with Gasteiger partial charge < -0.3 is 15.5 Å². The highest BCUT2D eigenvalue weighted by Gasteiger charge is 2.37. The predicted octanol–water partition coefficient (Wildman–Crippen LogP) is 1.81. The van der Waals surface area contributed by atoms with E-state index in [4.69, 9.17) is 5.73 Å². The van der Waals surface area contributed by atoms with Gasteiger partial charge in [-0.25, -0.2) is 0 Å². The lowest BCUT2D eigenvalue weighted by Gasteiger charge is -2.28. The minimum Gasteiger partial charge on any atom is -0.341 e. The van der Waals surface area contributed by atoms with Crippen LogP contribution in [0.3, 0.4) is 0 Å². The number of anilines is 1. The molecule has 1 atom stereocenters. The van der Waals surface area contributed by atoms with Crippen LogP contribution in [0.15, 0.2) is 22.7 Å². The average molecular weight is 352 g/mol. The molecule has 2 amide bonds. The molecule has 2 heterocycles. The molecule has 1 aromatic carbocycles. The normalized spacial score (nSPS) is 21.6. The van der Waals surface area contributed by atoms with E-state index in [9.17, 15) is 9.59 Å². The van der Waals surface area contributed by atoms with E-state index in [0.717, 1.165) is 41.7 Å². The van der Waals surface area contributed by atoms with Crippen LogP contribution in [0.2, 0.25) is 0 Å². The highest BCUT2D eigenvalue weighted by Crippen LogP contribution is 2.39. The van der Waals surface area contributed by atoms with E-state index in [1.807, 2.05) is 23.1 Å². The SMILES string of the molecule is NC1C(=O)N(CC(=O)N2CCCCC2)c2cccc(Br)c21. The quantitative estimate of drug-likeness (QED) is 0.883. The number of hydrogen-bond acceptors (Lipinski definition) is 3. The fourth-order valence-corrected chi connectivity index (χ4v) is 3.62. The van der Waals surface area contributed by atoms with Gasteiger partial charge in [-0.1, -0.05) is 22.0 Å². The van der Waals surface area contributed by atoms with E-state index in [-0.39, 0.29) is 18.4 Å². The number of fused-ring (bicyclic) bond motifs is 1. The molecule has 5 nitrogen and oxygen atoms in total. The number of piperidine rings is 1. The Morgan fingerprint density at radius 1 is 1.29 bits per heavy atom. The summed E-state index contributed by atoms with van der Waals surface area (Å²) in [4.78, 5) is 28.1. The summed E-state index contributed by atoms with van der Waals surface area (Å²) in [7, 11) is 0. The fourth-order valence-electron chi connectivity index (χ4n) is 3.02. The summed E-state index contributed by atoms with van der Waals surface area (Å²) in [6.45, 7) is 1.66. The number of hydrogen-bond donors (Lipinski definition) is 1. The first kappa shape index (κ1) is 14.5. The summed E-state index contributed by atoms with van der Waals surface area (Å²) >= 11 is 3.43. The molecule has 0 bridgehead atoms. The first-order chi connectivity index (χ1) is 10.1. The van der Waals surface area contributed by atoms with Gasteiger partial charge in [0.15, 0.2) is 0 Å². The molecule has 2 aliphatic heterocycles. The standard InChI is InChI=1S/C15H18BrN3O2/c16-10-5-4-6-11-13(10)14(17)15(21)19(11)9-12(20)18-7-2-1-3-8-18/h4-6,14H,1-3,7-9,17H2. The van der Waals surface area contributed by atoms with Gasteiger partial charge in [-0.3, -0.25) is 9.59 Å². The number of amides is 2. The number of halogens is 1. The van der Waals surface area contributed by atoms with E-state index in [1.165, 1.54) is 11.3 Å². The number of likely N-dealkylation sites (tertiary alicyclic amines) is 1. The molecule has 0 radical (unpaired) electrons. The molecular formula is C15H18BrN3O2. The third-order valence-electron chi connectivity index (χ3n) is 4.17. The van der Waals surface area contributed by atoms with Gasteiger partial charge in [-0.15, -0.1) is 0 Å². The second-order valence-corrected chi connectivity index (χ2v) is 6.37. The third-order valence-corrected chi connectivity index (χ3v) is 4.86. The Morgan fingerprint density at radius 3 is 2.71 bits per heavy atom. The lowest BCUT2D eigenvalue weighted by Crippen LogP contribution is -2.44. The van der Waals surface area contributed by atoms with Crippen LogP contribution in [0.5, 0.6) is 0 Å². The van der Waals surface area contributed by atoms with Crippen LogP contribution in [-0.4, -0.2) is 36.3 Å². The van der Waals surface area contributed by atoms with Gasteiger partial charge in [0.05, 0.1) is 5.69 Å². The summed E-state index contributed by atoms with van der Waals surface area (Å²) in [5.41, 5.74) is 7.50. The van der Waals surface area contributed by atoms with Crippen LogP contribution in [-0.2, 0) is 9.59 Å². The maximum Gasteiger partial charge on any atom is 0.249 e. The van der Waals surface area contributed by atoms with E-state index in [1.54, 1.807) is 0 Å². The molecule has 2 aliphatic rings. The van der Waals surface area contributed by atoms with Crippen LogP contribution >= 0.6 is 15.9 Å². The minimum atomic E-state index is -0.690. The first-order valence-electron chi connectivity index (χ1n) is 7.22. The maximum atomic E-state index is 12.4. The van der Waals surface area contributed by atoms with Crippen molar-refractivity contribution in [3.63, 3.8) is 0 Å². The van der Waals surface area contributed by atoms with E-state index in [2.05, 4.69) is 15.9 Å². The van der Waals surface area contributed by atoms with Crippen molar-refractivity contribution in [3.05, 3.63) is 28.2 Å². The van der Waals surface area contributed by atoms with E-state index < -0.39 is 6.04 Å². The highest BCUT2D eigenvalue weighted by molar-refractivity contribution is 9.10. The molecule has 2 N–H and O–H groups in total. The summed E-state index contributed by atoms with van der Waals surface area (Å²) in [5, 5.41) is 0. The van der Waals surface area contributed by atoms with Crippen LogP contribution < -0.4 is 10.6 Å². The number of nitrogens with two attached hydrogens (primary N) is 1. The zero-order chi connectivity index (χ0) is 15.0. The van der Waals surface area contributed by atoms with Crippen molar-refractivity contribution < 1.29 is 9.59 Å². The summed E-state index contributed by atoms with van der Waals surface area (Å²) in [5.74, 6) is -0.203. The van der Waals surface area contributed by atoms with Crippen molar-refractivity contribution in [3.8, 4) is 0 Å². The van der Waals surface area contributed by atoms with Crippen molar-refractivity contribution in [1.82, 2.24) is 4.90 Å². The number of nitrogens with zero attached hydrogens (tertiary/aromatic N) is 2. The highest BCUT2D eigenvalue weighted by atomic mass is 79.9. The molecule has 3 rings (SSSR count). The molecule has 1 saturated heterocycles. The lowest BCUT2D eigenvalue weighted by atomic mass is 10.1. The topological polar surface area (TPSA) is 66.6 Å². The molecule has 112 valence electrons. The van der Waals surface area contributed by atoms with Gasteiger partial charge in [0.2, 0.25) is 11.8 Å². The largest absolute Gasteiger partial charge is 0.341 e. The first-order valence-corrected chi connectivity index (χ1v) is 8.02. The zero-order valence-corrected chi connectivity index (χ0v) is 13.3. The van der Waals surface area contributed by atoms with Gasteiger partial charge >= 0.3 is 0 Å². The zero-order valence-electron chi connectivity index (χ0n) is 11.7. The van der Waals surface area contributed by atoms with E-state index >= 15 is 0 Å². The summed E-state index contributed by atoms with van der Waals surface area (Å²) < 4.78 is 0.814. The Bertz CT molecular complexity index is 584. The second kappa shape index (κ2) is 5.77. The minimum absolute atomic E-state index is 0.00285. The van der Waals surface area contributed by atoms with Gasteiger partial charge in [0.25, 0.3) is 0 Å². The summed E-state index contributed by atoms with van der Waals surface area (Å²) in [6.07, 6.45) is 3.26. The van der Waals surface area contributed by atoms with E-state index in [0.29, 0.717) is 0 Å². The van der Waals surface area contributed by atoms with Crippen LogP contribution in [0, 0.1) is 0 Å². The van der Waals surface area contributed by atoms with Gasteiger partial charge in [0.1, 0.15) is 12.6 Å². The van der Waals surface area contributed by atoms with Crippen molar-refractivity contribution in [2.24, 2.45) is 5.73 Å². The fraction of sp³-hybridized carbons (Fsp3) is 0.467. The maximum absolute atomic E-state index is 12.4. The Labute approximate surface area is 132 Å². The van der Waals surface area contributed by atoms with Gasteiger partial charge in [-0.2, -0.15) is 0 Å². The van der Waals surface area contributed by atoms with Gasteiger partial charge in [0, 0.05) is 23.1 Å². The van der Waals surface area contributed by atoms with Crippen molar-refractivity contribution >= 4 is 33.4 Å². The Morgan fingerprint density at radius 2 is 2.00 bits per heavy atom. The smallest absolute Gasteiger partial charge is 0.249 e. The number of benzene rings is 1. The number of carbonyl (C=O) groups is 2. The molecule has 1 unspecified atom stereocenters. The monoisotopic (exact) mass is 351 g/mol. The predicted molar refractivity (Wildman–Crippen MR) is 83.9 cm³/mol. The average Bonchev–Trinajstić information content (AvgIpc) is 2.74. The molecule has 1 aromatic rings. The molecule has 0 aliphatic carbocycles. The van der Waals surface area contributed by atoms with Crippen molar-refractivity contribution in [1.29, 1.82) is 0 Å². The molecule has 0 saturated carbocycles. The molecule has 6 heteroatoms. The Hall–Kier alpha value is -1.40. The lowest BCUT2D eigenvalue weighted by molar-refractivity contribution is -0.132. The Kier molecular flexibility index (Phi) is 3.99. The third kappa shape index (κ3) is 2.58. The number of rotatable bonds is 2. The van der Waals surface area contributed by atoms with Crippen molar-refractivity contribution in [2.75, 3.05) is 24.5 Å².